The molecule has 1 aromatic carbocycles. The average molecular weight is 220 g/mol. The summed E-state index contributed by atoms with van der Waals surface area (Å²) < 4.78 is 0. The van der Waals surface area contributed by atoms with E-state index in [-0.39, 0.29) is 11.3 Å². The van der Waals surface area contributed by atoms with Gasteiger partial charge in [-0.3, -0.25) is 4.79 Å². The van der Waals surface area contributed by atoms with Crippen LogP contribution in [0.5, 0.6) is 0 Å². The minimum atomic E-state index is -0.452. The van der Waals surface area contributed by atoms with Gasteiger partial charge in [0.2, 0.25) is 5.91 Å². The second-order valence-electron chi connectivity index (χ2n) is 4.76. The minimum Gasteiger partial charge on any atom is -0.354 e. The molecule has 0 heterocycles. The van der Waals surface area contributed by atoms with E-state index in [1.165, 1.54) is 5.56 Å². The Morgan fingerprint density at radius 2 is 1.94 bits per heavy atom. The maximum Gasteiger partial charge on any atom is 0.236 e. The van der Waals surface area contributed by atoms with Crippen molar-refractivity contribution in [1.29, 1.82) is 0 Å². The molecule has 3 heteroatoms. The van der Waals surface area contributed by atoms with Crippen LogP contribution in [0.25, 0.3) is 0 Å². The zero-order valence-corrected chi connectivity index (χ0v) is 10.2. The molecule has 0 aliphatic heterocycles. The van der Waals surface area contributed by atoms with Crippen molar-refractivity contribution in [1.82, 2.24) is 5.32 Å². The Balaban J connectivity index is 2.63. The van der Waals surface area contributed by atoms with Gasteiger partial charge in [-0.15, -0.1) is 0 Å². The van der Waals surface area contributed by atoms with Crippen molar-refractivity contribution in [3.63, 3.8) is 0 Å². The fourth-order valence-corrected chi connectivity index (χ4v) is 1.46. The monoisotopic (exact) mass is 220 g/mol. The van der Waals surface area contributed by atoms with Crippen LogP contribution < -0.4 is 11.1 Å². The van der Waals surface area contributed by atoms with Crippen molar-refractivity contribution in [3.8, 4) is 0 Å². The predicted octanol–water partition coefficient (Wildman–Crippen LogP) is 1.43. The Bertz CT molecular complexity index is 344. The first-order valence-corrected chi connectivity index (χ1v) is 5.52. The summed E-state index contributed by atoms with van der Waals surface area (Å²) in [5, 5.41) is 2.86. The van der Waals surface area contributed by atoms with Gasteiger partial charge in [0.1, 0.15) is 0 Å². The summed E-state index contributed by atoms with van der Waals surface area (Å²) in [6.45, 7) is 6.48. The smallest absolute Gasteiger partial charge is 0.236 e. The van der Waals surface area contributed by atoms with Crippen LogP contribution in [0.4, 0.5) is 0 Å². The number of nitrogens with two attached hydrogens (primary N) is 1. The standard InChI is InChI=1S/C13H20N2O/c1-10(14)12(16)15-9-13(2,3)11-7-5-4-6-8-11/h4-8,10H,9,14H2,1-3H3,(H,15,16)/t10-/m1/s1. The molecule has 1 amide bonds. The van der Waals surface area contributed by atoms with E-state index in [0.29, 0.717) is 6.54 Å². The molecule has 0 spiro atoms. The molecule has 0 unspecified atom stereocenters. The van der Waals surface area contributed by atoms with Gasteiger partial charge in [0.25, 0.3) is 0 Å². The van der Waals surface area contributed by atoms with E-state index < -0.39 is 6.04 Å². The molecule has 16 heavy (non-hydrogen) atoms. The number of hydrogen-bond donors (Lipinski definition) is 2. The third-order valence-electron chi connectivity index (χ3n) is 2.67. The lowest BCUT2D eigenvalue weighted by molar-refractivity contribution is -0.122. The van der Waals surface area contributed by atoms with Crippen molar-refractivity contribution in [2.45, 2.75) is 32.2 Å². The van der Waals surface area contributed by atoms with Gasteiger partial charge in [-0.1, -0.05) is 44.2 Å². The number of carbonyl (C=O) groups is 1. The number of nitrogens with one attached hydrogen (secondary N) is 1. The molecule has 0 bridgehead atoms. The first kappa shape index (κ1) is 12.7. The van der Waals surface area contributed by atoms with E-state index >= 15 is 0 Å². The predicted molar refractivity (Wildman–Crippen MR) is 66.1 cm³/mol. The lowest BCUT2D eigenvalue weighted by Gasteiger charge is -2.26. The molecule has 1 aromatic rings. The Kier molecular flexibility index (Phi) is 4.07. The van der Waals surface area contributed by atoms with E-state index in [1.54, 1.807) is 6.92 Å². The SMILES string of the molecule is C[C@@H](N)C(=O)NCC(C)(C)c1ccccc1. The quantitative estimate of drug-likeness (QED) is 0.806. The van der Waals surface area contributed by atoms with Crippen molar-refractivity contribution in [3.05, 3.63) is 35.9 Å². The summed E-state index contributed by atoms with van der Waals surface area (Å²) in [5.74, 6) is -0.107. The highest BCUT2D eigenvalue weighted by atomic mass is 16.2. The Morgan fingerprint density at radius 3 is 2.44 bits per heavy atom. The molecular formula is C13H20N2O. The third kappa shape index (κ3) is 3.35. The van der Waals surface area contributed by atoms with E-state index in [0.717, 1.165) is 0 Å². The number of carbonyl (C=O) groups excluding carboxylic acids is 1. The van der Waals surface area contributed by atoms with Crippen molar-refractivity contribution < 1.29 is 4.79 Å². The van der Waals surface area contributed by atoms with Gasteiger partial charge in [0.15, 0.2) is 0 Å². The highest BCUT2D eigenvalue weighted by Gasteiger charge is 2.21. The van der Waals surface area contributed by atoms with Gasteiger partial charge < -0.3 is 11.1 Å². The fraction of sp³-hybridized carbons (Fsp3) is 0.462. The van der Waals surface area contributed by atoms with Crippen molar-refractivity contribution >= 4 is 5.91 Å². The highest BCUT2D eigenvalue weighted by molar-refractivity contribution is 5.81. The topological polar surface area (TPSA) is 55.1 Å². The Morgan fingerprint density at radius 1 is 1.38 bits per heavy atom. The molecular weight excluding hydrogens is 200 g/mol. The summed E-state index contributed by atoms with van der Waals surface area (Å²) in [6, 6.07) is 9.68. The molecule has 0 aliphatic rings. The van der Waals surface area contributed by atoms with Gasteiger partial charge in [0, 0.05) is 12.0 Å². The van der Waals surface area contributed by atoms with Crippen molar-refractivity contribution in [2.24, 2.45) is 5.73 Å². The molecule has 0 saturated heterocycles. The second-order valence-corrected chi connectivity index (χ2v) is 4.76. The van der Waals surface area contributed by atoms with Crippen LogP contribution in [0.15, 0.2) is 30.3 Å². The van der Waals surface area contributed by atoms with E-state index in [2.05, 4.69) is 31.3 Å². The number of benzene rings is 1. The normalized spacial score (nSPS) is 13.2. The second kappa shape index (κ2) is 5.12. The van der Waals surface area contributed by atoms with E-state index in [1.807, 2.05) is 18.2 Å². The summed E-state index contributed by atoms with van der Waals surface area (Å²) in [7, 11) is 0. The summed E-state index contributed by atoms with van der Waals surface area (Å²) in [6.07, 6.45) is 0. The molecule has 1 atom stereocenters. The fourth-order valence-electron chi connectivity index (χ4n) is 1.46. The Labute approximate surface area is 97.0 Å². The molecule has 0 aliphatic carbocycles. The van der Waals surface area contributed by atoms with Crippen LogP contribution in [-0.2, 0) is 10.2 Å². The largest absolute Gasteiger partial charge is 0.354 e. The molecule has 88 valence electrons. The first-order valence-electron chi connectivity index (χ1n) is 5.52. The third-order valence-corrected chi connectivity index (χ3v) is 2.67. The zero-order valence-electron chi connectivity index (χ0n) is 10.2. The lowest BCUT2D eigenvalue weighted by Crippen LogP contribution is -2.43. The van der Waals surface area contributed by atoms with Crippen LogP contribution in [0.3, 0.4) is 0 Å². The number of hydrogen-bond acceptors (Lipinski definition) is 2. The minimum absolute atomic E-state index is 0.0776. The van der Waals surface area contributed by atoms with Gasteiger partial charge in [-0.05, 0) is 12.5 Å². The van der Waals surface area contributed by atoms with Crippen LogP contribution >= 0.6 is 0 Å². The van der Waals surface area contributed by atoms with Crippen LogP contribution in [0.2, 0.25) is 0 Å². The Hall–Kier alpha value is -1.35. The van der Waals surface area contributed by atoms with Crippen molar-refractivity contribution in [2.75, 3.05) is 6.54 Å². The number of amides is 1. The van der Waals surface area contributed by atoms with Crippen LogP contribution in [-0.4, -0.2) is 18.5 Å². The summed E-state index contributed by atoms with van der Waals surface area (Å²) in [5.41, 5.74) is 6.62. The van der Waals surface area contributed by atoms with Crippen LogP contribution in [0, 0.1) is 0 Å². The highest BCUT2D eigenvalue weighted by Crippen LogP contribution is 2.21. The van der Waals surface area contributed by atoms with Gasteiger partial charge in [-0.25, -0.2) is 0 Å². The number of rotatable bonds is 4. The maximum atomic E-state index is 11.4. The average Bonchev–Trinajstić information content (AvgIpc) is 2.27. The molecule has 0 fully saturated rings. The van der Waals surface area contributed by atoms with Gasteiger partial charge in [-0.2, -0.15) is 0 Å². The van der Waals surface area contributed by atoms with E-state index in [4.69, 9.17) is 5.73 Å². The lowest BCUT2D eigenvalue weighted by atomic mass is 9.84. The molecule has 3 N–H and O–H groups in total. The molecule has 0 aromatic heterocycles. The molecule has 1 rings (SSSR count). The summed E-state index contributed by atoms with van der Waals surface area (Å²) >= 11 is 0. The molecule has 3 nitrogen and oxygen atoms in total. The molecule has 0 radical (unpaired) electrons. The molecule has 0 saturated carbocycles. The van der Waals surface area contributed by atoms with Gasteiger partial charge in [0.05, 0.1) is 6.04 Å². The summed E-state index contributed by atoms with van der Waals surface area (Å²) in [4.78, 5) is 11.4. The van der Waals surface area contributed by atoms with Crippen LogP contribution in [0.1, 0.15) is 26.3 Å². The maximum absolute atomic E-state index is 11.4. The van der Waals surface area contributed by atoms with E-state index in [9.17, 15) is 4.79 Å². The first-order chi connectivity index (χ1) is 7.43. The van der Waals surface area contributed by atoms with Gasteiger partial charge >= 0.3 is 0 Å². The zero-order chi connectivity index (χ0) is 12.2.